The molecule has 1 amide bonds. The summed E-state index contributed by atoms with van der Waals surface area (Å²) in [6, 6.07) is 2.34. The predicted octanol–water partition coefficient (Wildman–Crippen LogP) is 1.15. The summed E-state index contributed by atoms with van der Waals surface area (Å²) in [5.74, 6) is -2.58. The number of aliphatic hydroxyl groups excluding tert-OH is 1. The van der Waals surface area contributed by atoms with Gasteiger partial charge in [0.05, 0.1) is 0 Å². The highest BCUT2D eigenvalue weighted by Crippen LogP contribution is 2.15. The monoisotopic (exact) mass is 319 g/mol. The van der Waals surface area contributed by atoms with Crippen molar-refractivity contribution in [2.45, 2.75) is 12.5 Å². The van der Waals surface area contributed by atoms with Crippen molar-refractivity contribution < 1.29 is 24.2 Å². The molecule has 7 heteroatoms. The van der Waals surface area contributed by atoms with Gasteiger partial charge < -0.3 is 15.5 Å². The van der Waals surface area contributed by atoms with Gasteiger partial charge in [0.1, 0.15) is 11.9 Å². The standard InChI is InChI=1S/C11H11BrFNO4/c12-7-3-6(4-8(13)5-7)10(16)14-9(1-2-15)11(17)18/h3-5,9,15H,1-2H2,(H,14,16)(H,17,18). The third-order valence-corrected chi connectivity index (χ3v) is 2.60. The van der Waals surface area contributed by atoms with Gasteiger partial charge >= 0.3 is 5.97 Å². The fraction of sp³-hybridized carbons (Fsp3) is 0.273. The van der Waals surface area contributed by atoms with E-state index in [9.17, 15) is 14.0 Å². The summed E-state index contributed by atoms with van der Waals surface area (Å²) in [5, 5.41) is 19.7. The number of carbonyl (C=O) groups excluding carboxylic acids is 1. The van der Waals surface area contributed by atoms with Crippen LogP contribution >= 0.6 is 15.9 Å². The van der Waals surface area contributed by atoms with Crippen LogP contribution in [-0.2, 0) is 4.79 Å². The number of hydrogen-bond donors (Lipinski definition) is 3. The van der Waals surface area contributed by atoms with E-state index in [1.54, 1.807) is 0 Å². The van der Waals surface area contributed by atoms with Gasteiger partial charge in [0.2, 0.25) is 0 Å². The first-order valence-electron chi connectivity index (χ1n) is 5.04. The van der Waals surface area contributed by atoms with Crippen LogP contribution in [0, 0.1) is 5.82 Å². The van der Waals surface area contributed by atoms with Gasteiger partial charge in [-0.05, 0) is 18.2 Å². The molecule has 18 heavy (non-hydrogen) atoms. The zero-order chi connectivity index (χ0) is 13.7. The molecule has 0 spiro atoms. The van der Waals surface area contributed by atoms with Crippen LogP contribution in [0.25, 0.3) is 0 Å². The van der Waals surface area contributed by atoms with E-state index in [4.69, 9.17) is 10.2 Å². The van der Waals surface area contributed by atoms with Gasteiger partial charge in [0.25, 0.3) is 5.91 Å². The number of amides is 1. The highest BCUT2D eigenvalue weighted by molar-refractivity contribution is 9.10. The van der Waals surface area contributed by atoms with Crippen molar-refractivity contribution in [2.24, 2.45) is 0 Å². The molecule has 0 aliphatic carbocycles. The highest BCUT2D eigenvalue weighted by Gasteiger charge is 2.20. The molecule has 0 heterocycles. The second-order valence-electron chi connectivity index (χ2n) is 3.53. The lowest BCUT2D eigenvalue weighted by Gasteiger charge is -2.13. The summed E-state index contributed by atoms with van der Waals surface area (Å²) in [4.78, 5) is 22.5. The molecule has 0 bridgehead atoms. The molecule has 1 atom stereocenters. The minimum Gasteiger partial charge on any atom is -0.480 e. The van der Waals surface area contributed by atoms with Gasteiger partial charge in [-0.1, -0.05) is 15.9 Å². The van der Waals surface area contributed by atoms with Crippen molar-refractivity contribution in [1.82, 2.24) is 5.32 Å². The van der Waals surface area contributed by atoms with Crippen LogP contribution in [0.2, 0.25) is 0 Å². The molecule has 1 unspecified atom stereocenters. The van der Waals surface area contributed by atoms with Crippen LogP contribution in [-0.4, -0.2) is 34.7 Å². The quantitative estimate of drug-likeness (QED) is 0.760. The van der Waals surface area contributed by atoms with Gasteiger partial charge in [-0.15, -0.1) is 0 Å². The van der Waals surface area contributed by atoms with Crippen LogP contribution in [0.4, 0.5) is 4.39 Å². The predicted molar refractivity (Wildman–Crippen MR) is 64.7 cm³/mol. The maximum absolute atomic E-state index is 13.1. The van der Waals surface area contributed by atoms with E-state index < -0.39 is 23.7 Å². The highest BCUT2D eigenvalue weighted by atomic mass is 79.9. The average Bonchev–Trinajstić information content (AvgIpc) is 2.26. The molecule has 1 aromatic rings. The lowest BCUT2D eigenvalue weighted by Crippen LogP contribution is -2.41. The topological polar surface area (TPSA) is 86.6 Å². The van der Waals surface area contributed by atoms with Crippen LogP contribution < -0.4 is 5.32 Å². The average molecular weight is 320 g/mol. The van der Waals surface area contributed by atoms with Crippen LogP contribution in [0.15, 0.2) is 22.7 Å². The number of halogens is 2. The first-order chi connectivity index (χ1) is 8.43. The Labute approximate surface area is 111 Å². The molecule has 5 nitrogen and oxygen atoms in total. The van der Waals surface area contributed by atoms with Crippen molar-refractivity contribution in [3.05, 3.63) is 34.1 Å². The van der Waals surface area contributed by atoms with E-state index in [0.29, 0.717) is 4.47 Å². The third kappa shape index (κ3) is 4.08. The Hall–Kier alpha value is -1.47. The zero-order valence-electron chi connectivity index (χ0n) is 9.19. The van der Waals surface area contributed by atoms with E-state index in [2.05, 4.69) is 21.2 Å². The molecule has 0 saturated carbocycles. The van der Waals surface area contributed by atoms with Crippen molar-refractivity contribution >= 4 is 27.8 Å². The van der Waals surface area contributed by atoms with Gasteiger partial charge in [-0.3, -0.25) is 4.79 Å². The Kier molecular flexibility index (Phi) is 5.24. The Morgan fingerprint density at radius 1 is 1.39 bits per heavy atom. The lowest BCUT2D eigenvalue weighted by atomic mass is 10.1. The summed E-state index contributed by atoms with van der Waals surface area (Å²) in [6.07, 6.45) is -0.114. The zero-order valence-corrected chi connectivity index (χ0v) is 10.8. The summed E-state index contributed by atoms with van der Waals surface area (Å²) >= 11 is 3.03. The summed E-state index contributed by atoms with van der Waals surface area (Å²) in [5.41, 5.74) is 0.00562. The molecule has 3 N–H and O–H groups in total. The molecule has 1 rings (SSSR count). The molecule has 0 radical (unpaired) electrons. The van der Waals surface area contributed by atoms with E-state index >= 15 is 0 Å². The minimum atomic E-state index is -1.26. The largest absolute Gasteiger partial charge is 0.480 e. The first-order valence-corrected chi connectivity index (χ1v) is 5.84. The molecular weight excluding hydrogens is 309 g/mol. The molecule has 1 aromatic carbocycles. The number of hydrogen-bond acceptors (Lipinski definition) is 3. The SMILES string of the molecule is O=C(NC(CCO)C(=O)O)c1cc(F)cc(Br)c1. The van der Waals surface area contributed by atoms with Gasteiger partial charge in [0.15, 0.2) is 0 Å². The fourth-order valence-electron chi connectivity index (χ4n) is 1.31. The van der Waals surface area contributed by atoms with E-state index in [1.807, 2.05) is 0 Å². The maximum Gasteiger partial charge on any atom is 0.326 e. The number of benzene rings is 1. The first kappa shape index (κ1) is 14.6. The number of rotatable bonds is 5. The Morgan fingerprint density at radius 3 is 2.56 bits per heavy atom. The van der Waals surface area contributed by atoms with Gasteiger partial charge in [0, 0.05) is 23.1 Å². The van der Waals surface area contributed by atoms with Crippen molar-refractivity contribution in [3.8, 4) is 0 Å². The van der Waals surface area contributed by atoms with Crippen molar-refractivity contribution in [3.63, 3.8) is 0 Å². The summed E-state index contributed by atoms with van der Waals surface area (Å²) in [7, 11) is 0. The Balaban J connectivity index is 2.83. The number of aliphatic carboxylic acids is 1. The Bertz CT molecular complexity index is 446. The molecule has 98 valence electrons. The number of nitrogens with one attached hydrogen (secondary N) is 1. The van der Waals surface area contributed by atoms with Crippen LogP contribution in [0.5, 0.6) is 0 Å². The minimum absolute atomic E-state index is 0.00562. The molecule has 0 fully saturated rings. The van der Waals surface area contributed by atoms with Crippen molar-refractivity contribution in [2.75, 3.05) is 6.61 Å². The third-order valence-electron chi connectivity index (χ3n) is 2.15. The fourth-order valence-corrected chi connectivity index (χ4v) is 1.78. The van der Waals surface area contributed by atoms with Crippen molar-refractivity contribution in [1.29, 1.82) is 0 Å². The molecule has 0 aliphatic heterocycles. The summed E-state index contributed by atoms with van der Waals surface area (Å²) < 4.78 is 13.4. The number of carboxylic acids is 1. The van der Waals surface area contributed by atoms with Gasteiger partial charge in [-0.2, -0.15) is 0 Å². The number of carbonyl (C=O) groups is 2. The second-order valence-corrected chi connectivity index (χ2v) is 4.45. The lowest BCUT2D eigenvalue weighted by molar-refractivity contribution is -0.139. The smallest absolute Gasteiger partial charge is 0.326 e. The van der Waals surface area contributed by atoms with Crippen LogP contribution in [0.3, 0.4) is 0 Å². The molecular formula is C11H11BrFNO4. The maximum atomic E-state index is 13.1. The molecule has 0 aromatic heterocycles. The summed E-state index contributed by atoms with van der Waals surface area (Å²) in [6.45, 7) is -0.371. The van der Waals surface area contributed by atoms with Crippen LogP contribution in [0.1, 0.15) is 16.8 Å². The number of carboxylic acid groups (broad SMARTS) is 1. The molecule has 0 saturated heterocycles. The van der Waals surface area contributed by atoms with E-state index in [1.165, 1.54) is 12.1 Å². The van der Waals surface area contributed by atoms with E-state index in [0.717, 1.165) is 6.07 Å². The normalized spacial score (nSPS) is 11.9. The van der Waals surface area contributed by atoms with Gasteiger partial charge in [-0.25, -0.2) is 9.18 Å². The number of aliphatic hydroxyl groups is 1. The van der Waals surface area contributed by atoms with E-state index in [-0.39, 0.29) is 18.6 Å². The Morgan fingerprint density at radius 2 is 2.06 bits per heavy atom. The second kappa shape index (κ2) is 6.46. The molecule has 0 aliphatic rings.